The maximum Gasteiger partial charge on any atom is 0.0991 e. The first-order valence-electron chi connectivity index (χ1n) is 6.52. The molecule has 0 atom stereocenters. The summed E-state index contributed by atoms with van der Waals surface area (Å²) in [6, 6.07) is 18.2. The van der Waals surface area contributed by atoms with Crippen LogP contribution in [0.2, 0.25) is 0 Å². The van der Waals surface area contributed by atoms with Gasteiger partial charge in [0.25, 0.3) is 0 Å². The summed E-state index contributed by atoms with van der Waals surface area (Å²) in [5.41, 5.74) is 4.31. The summed E-state index contributed by atoms with van der Waals surface area (Å²) in [4.78, 5) is 0. The molecule has 2 nitrogen and oxygen atoms in total. The van der Waals surface area contributed by atoms with Gasteiger partial charge in [-0.15, -0.1) is 0 Å². The highest BCUT2D eigenvalue weighted by Gasteiger charge is 2.05. The highest BCUT2D eigenvalue weighted by Crippen LogP contribution is 2.24. The van der Waals surface area contributed by atoms with Crippen LogP contribution in [0.4, 0.5) is 5.69 Å². The van der Waals surface area contributed by atoms with E-state index in [2.05, 4.69) is 43.4 Å². The van der Waals surface area contributed by atoms with Gasteiger partial charge in [-0.25, -0.2) is 0 Å². The van der Waals surface area contributed by atoms with Gasteiger partial charge < -0.3 is 5.32 Å². The van der Waals surface area contributed by atoms with E-state index in [-0.39, 0.29) is 0 Å². The zero-order valence-corrected chi connectivity index (χ0v) is 11.4. The van der Waals surface area contributed by atoms with Gasteiger partial charge in [-0.3, -0.25) is 0 Å². The quantitative estimate of drug-likeness (QED) is 0.878. The summed E-state index contributed by atoms with van der Waals surface area (Å²) < 4.78 is 0. The van der Waals surface area contributed by atoms with E-state index >= 15 is 0 Å². The SMILES string of the molecule is CC(C)c1ccccc1NCc1cccc(C#N)c1. The standard InChI is InChI=1S/C17H18N2/c1-13(2)16-8-3-4-9-17(16)19-12-15-7-5-6-14(10-15)11-18/h3-10,13,19H,12H2,1-2H3. The lowest BCUT2D eigenvalue weighted by molar-refractivity contribution is 0.865. The molecule has 96 valence electrons. The maximum atomic E-state index is 8.89. The van der Waals surface area contributed by atoms with Crippen LogP contribution in [0.1, 0.15) is 36.5 Å². The Labute approximate surface area is 114 Å². The number of nitriles is 1. The van der Waals surface area contributed by atoms with Crippen LogP contribution in [0, 0.1) is 11.3 Å². The summed E-state index contributed by atoms with van der Waals surface area (Å²) in [6.07, 6.45) is 0. The Hall–Kier alpha value is -2.27. The lowest BCUT2D eigenvalue weighted by Gasteiger charge is -2.14. The monoisotopic (exact) mass is 250 g/mol. The number of nitrogens with zero attached hydrogens (tertiary/aromatic N) is 1. The second-order valence-electron chi connectivity index (χ2n) is 4.91. The van der Waals surface area contributed by atoms with Gasteiger partial charge in [-0.1, -0.05) is 44.2 Å². The highest BCUT2D eigenvalue weighted by molar-refractivity contribution is 5.53. The van der Waals surface area contributed by atoms with E-state index < -0.39 is 0 Å². The van der Waals surface area contributed by atoms with Crippen molar-refractivity contribution in [1.29, 1.82) is 5.26 Å². The highest BCUT2D eigenvalue weighted by atomic mass is 14.9. The number of anilines is 1. The van der Waals surface area contributed by atoms with Gasteiger partial charge in [-0.2, -0.15) is 5.26 Å². The van der Waals surface area contributed by atoms with Gasteiger partial charge in [-0.05, 0) is 35.2 Å². The van der Waals surface area contributed by atoms with Crippen LogP contribution >= 0.6 is 0 Å². The van der Waals surface area contributed by atoms with Crippen molar-refractivity contribution in [3.63, 3.8) is 0 Å². The van der Waals surface area contributed by atoms with E-state index in [1.165, 1.54) is 11.3 Å². The fourth-order valence-electron chi connectivity index (χ4n) is 2.11. The molecule has 2 heteroatoms. The van der Waals surface area contributed by atoms with Crippen LogP contribution in [-0.2, 0) is 6.54 Å². The average Bonchev–Trinajstić information content (AvgIpc) is 2.45. The maximum absolute atomic E-state index is 8.89. The summed E-state index contributed by atoms with van der Waals surface area (Å²) >= 11 is 0. The third-order valence-electron chi connectivity index (χ3n) is 3.12. The van der Waals surface area contributed by atoms with E-state index in [0.717, 1.165) is 12.1 Å². The molecule has 0 saturated carbocycles. The molecule has 0 aliphatic rings. The molecule has 0 amide bonds. The van der Waals surface area contributed by atoms with Gasteiger partial charge in [0, 0.05) is 12.2 Å². The van der Waals surface area contributed by atoms with Crippen molar-refractivity contribution in [1.82, 2.24) is 0 Å². The van der Waals surface area contributed by atoms with E-state index in [1.54, 1.807) is 0 Å². The van der Waals surface area contributed by atoms with Crippen LogP contribution in [0.15, 0.2) is 48.5 Å². The number of hydrogen-bond acceptors (Lipinski definition) is 2. The summed E-state index contributed by atoms with van der Waals surface area (Å²) in [7, 11) is 0. The molecular formula is C17H18N2. The molecule has 0 saturated heterocycles. The third kappa shape index (κ3) is 3.35. The average molecular weight is 250 g/mol. The number of benzene rings is 2. The molecule has 2 aromatic carbocycles. The summed E-state index contributed by atoms with van der Waals surface area (Å²) in [5, 5.41) is 12.3. The van der Waals surface area contributed by atoms with Crippen LogP contribution in [0.3, 0.4) is 0 Å². The fourth-order valence-corrected chi connectivity index (χ4v) is 2.11. The minimum Gasteiger partial charge on any atom is -0.381 e. The van der Waals surface area contributed by atoms with E-state index in [0.29, 0.717) is 11.5 Å². The zero-order valence-electron chi connectivity index (χ0n) is 11.4. The Morgan fingerprint density at radius 3 is 2.63 bits per heavy atom. The molecule has 2 rings (SSSR count). The van der Waals surface area contributed by atoms with Crippen molar-refractivity contribution in [2.45, 2.75) is 26.3 Å². The second-order valence-corrected chi connectivity index (χ2v) is 4.91. The van der Waals surface area contributed by atoms with Gasteiger partial charge in [0.2, 0.25) is 0 Å². The Morgan fingerprint density at radius 2 is 1.89 bits per heavy atom. The van der Waals surface area contributed by atoms with E-state index in [1.807, 2.05) is 30.3 Å². The Kier molecular flexibility index (Phi) is 4.20. The van der Waals surface area contributed by atoms with Crippen molar-refractivity contribution in [3.05, 3.63) is 65.2 Å². The van der Waals surface area contributed by atoms with E-state index in [9.17, 15) is 0 Å². The predicted molar refractivity (Wildman–Crippen MR) is 79.0 cm³/mol. The largest absolute Gasteiger partial charge is 0.381 e. The molecule has 0 aliphatic carbocycles. The smallest absolute Gasteiger partial charge is 0.0991 e. The molecule has 0 aromatic heterocycles. The van der Waals surface area contributed by atoms with Crippen molar-refractivity contribution >= 4 is 5.69 Å². The van der Waals surface area contributed by atoms with Gasteiger partial charge in [0.05, 0.1) is 11.6 Å². The summed E-state index contributed by atoms with van der Waals surface area (Å²) in [5.74, 6) is 0.495. The summed E-state index contributed by atoms with van der Waals surface area (Å²) in [6.45, 7) is 5.12. The molecular weight excluding hydrogens is 232 g/mol. The molecule has 0 fully saturated rings. The molecule has 2 aromatic rings. The van der Waals surface area contributed by atoms with Crippen LogP contribution < -0.4 is 5.32 Å². The number of para-hydroxylation sites is 1. The minimum absolute atomic E-state index is 0.495. The number of hydrogen-bond donors (Lipinski definition) is 1. The first kappa shape index (κ1) is 13.2. The molecule has 19 heavy (non-hydrogen) atoms. The number of rotatable bonds is 4. The second kappa shape index (κ2) is 6.06. The molecule has 0 bridgehead atoms. The van der Waals surface area contributed by atoms with Crippen LogP contribution in [0.5, 0.6) is 0 Å². The number of nitrogens with one attached hydrogen (secondary N) is 1. The lowest BCUT2D eigenvalue weighted by atomic mass is 10.0. The predicted octanol–water partition coefficient (Wildman–Crippen LogP) is 4.29. The van der Waals surface area contributed by atoms with E-state index in [4.69, 9.17) is 5.26 Å². The first-order chi connectivity index (χ1) is 9.20. The molecule has 0 radical (unpaired) electrons. The molecule has 0 unspecified atom stereocenters. The molecule has 0 spiro atoms. The van der Waals surface area contributed by atoms with Gasteiger partial charge in [0.1, 0.15) is 0 Å². The minimum atomic E-state index is 0.495. The van der Waals surface area contributed by atoms with Crippen LogP contribution in [-0.4, -0.2) is 0 Å². The van der Waals surface area contributed by atoms with Gasteiger partial charge >= 0.3 is 0 Å². The zero-order chi connectivity index (χ0) is 13.7. The van der Waals surface area contributed by atoms with Crippen molar-refractivity contribution in [3.8, 4) is 6.07 Å². The molecule has 0 heterocycles. The topological polar surface area (TPSA) is 35.8 Å². The fraction of sp³-hybridized carbons (Fsp3) is 0.235. The Bertz CT molecular complexity index is 594. The Balaban J connectivity index is 2.12. The molecule has 0 aliphatic heterocycles. The first-order valence-corrected chi connectivity index (χ1v) is 6.52. The normalized spacial score (nSPS) is 10.2. The van der Waals surface area contributed by atoms with Gasteiger partial charge in [0.15, 0.2) is 0 Å². The molecule has 1 N–H and O–H groups in total. The van der Waals surface area contributed by atoms with Crippen molar-refractivity contribution < 1.29 is 0 Å². The lowest BCUT2D eigenvalue weighted by Crippen LogP contribution is -2.03. The van der Waals surface area contributed by atoms with Crippen LogP contribution in [0.25, 0.3) is 0 Å². The van der Waals surface area contributed by atoms with Crippen molar-refractivity contribution in [2.75, 3.05) is 5.32 Å². The van der Waals surface area contributed by atoms with Crippen molar-refractivity contribution in [2.24, 2.45) is 0 Å². The third-order valence-corrected chi connectivity index (χ3v) is 3.12. The Morgan fingerprint density at radius 1 is 1.11 bits per heavy atom.